The zero-order chi connectivity index (χ0) is 19.3. The maximum absolute atomic E-state index is 10.3. The molecule has 146 valence electrons. The number of methoxy groups -OCH3 is 1. The number of phenols is 1. The van der Waals surface area contributed by atoms with E-state index in [1.807, 2.05) is 6.07 Å². The molecule has 2 fully saturated rings. The van der Waals surface area contributed by atoms with Crippen molar-refractivity contribution >= 4 is 0 Å². The molecule has 2 unspecified atom stereocenters. The number of aliphatic hydroxyl groups excluding tert-OH is 1. The Morgan fingerprint density at radius 3 is 2.74 bits per heavy atom. The predicted molar refractivity (Wildman–Crippen MR) is 107 cm³/mol. The summed E-state index contributed by atoms with van der Waals surface area (Å²) in [5, 5.41) is 20.4. The third-order valence-electron chi connectivity index (χ3n) is 8.40. The monoisotopic (exact) mass is 368 g/mol. The van der Waals surface area contributed by atoms with Crippen molar-refractivity contribution in [2.45, 2.75) is 64.4 Å². The number of benzene rings is 1. The highest BCUT2D eigenvalue weighted by molar-refractivity contribution is 5.49. The van der Waals surface area contributed by atoms with Crippen LogP contribution < -0.4 is 4.74 Å². The molecule has 3 aliphatic carbocycles. The van der Waals surface area contributed by atoms with Crippen LogP contribution in [0.15, 0.2) is 12.1 Å². The molecule has 0 radical (unpaired) electrons. The van der Waals surface area contributed by atoms with E-state index in [0.717, 1.165) is 6.42 Å². The van der Waals surface area contributed by atoms with Crippen molar-refractivity contribution in [1.82, 2.24) is 0 Å². The van der Waals surface area contributed by atoms with Gasteiger partial charge >= 0.3 is 0 Å². The van der Waals surface area contributed by atoms with E-state index >= 15 is 0 Å². The molecule has 3 nitrogen and oxygen atoms in total. The highest BCUT2D eigenvalue weighted by Gasteiger charge is 2.56. The van der Waals surface area contributed by atoms with E-state index in [1.165, 1.54) is 43.2 Å². The van der Waals surface area contributed by atoms with Gasteiger partial charge in [0.1, 0.15) is 6.10 Å². The van der Waals surface area contributed by atoms with Gasteiger partial charge in [0, 0.05) is 0 Å². The summed E-state index contributed by atoms with van der Waals surface area (Å²) in [6.45, 7) is 4.59. The first-order valence-electron chi connectivity index (χ1n) is 10.4. The molecule has 1 aromatic carbocycles. The van der Waals surface area contributed by atoms with Crippen molar-refractivity contribution in [2.24, 2.45) is 29.1 Å². The number of rotatable bonds is 3. The molecule has 2 N–H and O–H groups in total. The summed E-state index contributed by atoms with van der Waals surface area (Å²) in [5.74, 6) is 6.02. The Bertz CT molecular complexity index is 764. The highest BCUT2D eigenvalue weighted by Crippen LogP contribution is 2.64. The van der Waals surface area contributed by atoms with Gasteiger partial charge in [-0.25, -0.2) is 0 Å². The van der Waals surface area contributed by atoms with Gasteiger partial charge in [0.15, 0.2) is 11.5 Å². The van der Waals surface area contributed by atoms with Crippen LogP contribution in [0.2, 0.25) is 0 Å². The molecule has 0 heterocycles. The van der Waals surface area contributed by atoms with Crippen LogP contribution in [0, 0.1) is 41.4 Å². The van der Waals surface area contributed by atoms with Crippen LogP contribution in [0.5, 0.6) is 11.5 Å². The Morgan fingerprint density at radius 2 is 2.04 bits per heavy atom. The van der Waals surface area contributed by atoms with Crippen molar-refractivity contribution in [1.29, 1.82) is 0 Å². The summed E-state index contributed by atoms with van der Waals surface area (Å²) in [4.78, 5) is 0. The number of hydrogen-bond donors (Lipinski definition) is 2. The molecular weight excluding hydrogens is 336 g/mol. The number of hydrogen-bond acceptors (Lipinski definition) is 3. The first kappa shape index (κ1) is 18.7. The lowest BCUT2D eigenvalue weighted by Gasteiger charge is -2.52. The third kappa shape index (κ3) is 2.76. The van der Waals surface area contributed by atoms with E-state index in [-0.39, 0.29) is 17.1 Å². The zero-order valence-corrected chi connectivity index (χ0v) is 16.7. The summed E-state index contributed by atoms with van der Waals surface area (Å²) in [5.41, 5.74) is 2.96. The second-order valence-electron chi connectivity index (χ2n) is 9.34. The van der Waals surface area contributed by atoms with Crippen LogP contribution in [0.4, 0.5) is 0 Å². The molecule has 3 aliphatic rings. The predicted octanol–water partition coefficient (Wildman–Crippen LogP) is 4.50. The molecule has 3 heteroatoms. The number of aromatic hydroxyl groups is 1. The molecule has 0 spiro atoms. The standard InChI is InChI=1S/C24H32O3/c1-5-21(25)14(2)19-8-9-20-17-7-6-15-12-22(26)23(27-4)13-18(15)16(17)10-11-24(19,20)3/h1,12-14,16-17,19-21,25-26H,6-11H2,2-4H3/t14?,16-,17+,19+,20-,21?,24+/m0/s1. The number of aliphatic hydroxyl groups is 1. The summed E-state index contributed by atoms with van der Waals surface area (Å²) in [7, 11) is 1.62. The van der Waals surface area contributed by atoms with Crippen LogP contribution in [-0.4, -0.2) is 23.4 Å². The average molecular weight is 369 g/mol. The Kier molecular flexibility index (Phi) is 4.67. The van der Waals surface area contributed by atoms with Crippen molar-refractivity contribution in [3.63, 3.8) is 0 Å². The van der Waals surface area contributed by atoms with Gasteiger partial charge in [-0.2, -0.15) is 0 Å². The summed E-state index contributed by atoms with van der Waals surface area (Å²) in [6.07, 6.45) is 11.9. The Balaban J connectivity index is 1.64. The van der Waals surface area contributed by atoms with Gasteiger partial charge in [-0.05, 0) is 96.8 Å². The van der Waals surface area contributed by atoms with Crippen molar-refractivity contribution in [2.75, 3.05) is 7.11 Å². The fourth-order valence-electron chi connectivity index (χ4n) is 7.03. The van der Waals surface area contributed by atoms with Crippen LogP contribution in [0.3, 0.4) is 0 Å². The Morgan fingerprint density at radius 1 is 1.26 bits per heavy atom. The molecule has 4 rings (SSSR count). The van der Waals surface area contributed by atoms with Gasteiger partial charge in [-0.15, -0.1) is 6.42 Å². The van der Waals surface area contributed by atoms with Gasteiger partial charge in [0.2, 0.25) is 0 Å². The minimum absolute atomic E-state index is 0.162. The normalized spacial score (nSPS) is 36.7. The Hall–Kier alpha value is -1.66. The fraction of sp³-hybridized carbons (Fsp3) is 0.667. The quantitative estimate of drug-likeness (QED) is 0.772. The molecule has 0 saturated heterocycles. The minimum atomic E-state index is -0.636. The molecule has 7 atom stereocenters. The van der Waals surface area contributed by atoms with Gasteiger partial charge in [0.25, 0.3) is 0 Å². The van der Waals surface area contributed by atoms with Gasteiger partial charge in [0.05, 0.1) is 7.11 Å². The maximum Gasteiger partial charge on any atom is 0.160 e. The van der Waals surface area contributed by atoms with Gasteiger partial charge in [-0.1, -0.05) is 19.8 Å². The molecule has 1 aromatic rings. The summed E-state index contributed by atoms with van der Waals surface area (Å²) in [6, 6.07) is 4.00. The fourth-order valence-corrected chi connectivity index (χ4v) is 7.03. The van der Waals surface area contributed by atoms with E-state index in [1.54, 1.807) is 7.11 Å². The lowest BCUT2D eigenvalue weighted by molar-refractivity contribution is -0.00815. The summed E-state index contributed by atoms with van der Waals surface area (Å²) >= 11 is 0. The molecule has 0 aromatic heterocycles. The lowest BCUT2D eigenvalue weighted by atomic mass is 9.53. The molecule has 0 aliphatic heterocycles. The number of phenolic OH excluding ortho intramolecular Hbond substituents is 1. The van der Waals surface area contributed by atoms with Crippen molar-refractivity contribution in [3.05, 3.63) is 23.3 Å². The number of terminal acetylenes is 1. The Labute approximate surface area is 163 Å². The van der Waals surface area contributed by atoms with Crippen LogP contribution in [0.1, 0.15) is 63.0 Å². The van der Waals surface area contributed by atoms with E-state index in [2.05, 4.69) is 25.8 Å². The van der Waals surface area contributed by atoms with Crippen molar-refractivity contribution < 1.29 is 14.9 Å². The second-order valence-corrected chi connectivity index (χ2v) is 9.34. The average Bonchev–Trinajstić information content (AvgIpc) is 3.03. The first-order chi connectivity index (χ1) is 12.9. The summed E-state index contributed by atoms with van der Waals surface area (Å²) < 4.78 is 5.39. The first-order valence-corrected chi connectivity index (χ1v) is 10.4. The lowest BCUT2D eigenvalue weighted by Crippen LogP contribution is -2.44. The molecule has 27 heavy (non-hydrogen) atoms. The minimum Gasteiger partial charge on any atom is -0.504 e. The topological polar surface area (TPSA) is 49.7 Å². The zero-order valence-electron chi connectivity index (χ0n) is 16.7. The number of ether oxygens (including phenoxy) is 1. The van der Waals surface area contributed by atoms with E-state index in [0.29, 0.717) is 29.4 Å². The van der Waals surface area contributed by atoms with E-state index in [9.17, 15) is 10.2 Å². The third-order valence-corrected chi connectivity index (χ3v) is 8.40. The van der Waals surface area contributed by atoms with Crippen LogP contribution >= 0.6 is 0 Å². The molecule has 0 amide bonds. The van der Waals surface area contributed by atoms with Crippen LogP contribution in [-0.2, 0) is 6.42 Å². The highest BCUT2D eigenvalue weighted by atomic mass is 16.5. The molecule has 0 bridgehead atoms. The second kappa shape index (κ2) is 6.74. The van der Waals surface area contributed by atoms with E-state index < -0.39 is 6.10 Å². The SMILES string of the molecule is C#CC(O)C(C)[C@H]1CC[C@H]2[C@@H]3CCc4cc(O)c(OC)cc4[C@H]3CC[C@]12C. The van der Waals surface area contributed by atoms with Crippen LogP contribution in [0.25, 0.3) is 0 Å². The molecule has 2 saturated carbocycles. The largest absolute Gasteiger partial charge is 0.504 e. The van der Waals surface area contributed by atoms with E-state index in [4.69, 9.17) is 11.2 Å². The maximum atomic E-state index is 10.3. The number of fused-ring (bicyclic) bond motifs is 5. The van der Waals surface area contributed by atoms with Gasteiger partial charge in [-0.3, -0.25) is 0 Å². The number of aryl methyl sites for hydroxylation is 1. The smallest absolute Gasteiger partial charge is 0.160 e. The molecular formula is C24H32O3. The van der Waals surface area contributed by atoms with Crippen molar-refractivity contribution in [3.8, 4) is 23.8 Å². The van der Waals surface area contributed by atoms with Gasteiger partial charge < -0.3 is 14.9 Å².